The van der Waals surface area contributed by atoms with Crippen molar-refractivity contribution in [2.24, 2.45) is 7.05 Å². The Morgan fingerprint density at radius 3 is 2.42 bits per heavy atom. The number of fused-ring (bicyclic) bond motifs is 1. The van der Waals surface area contributed by atoms with Crippen LogP contribution in [0.15, 0.2) is 41.2 Å². The van der Waals surface area contributed by atoms with Gasteiger partial charge in [-0.1, -0.05) is 19.1 Å². The Balaban J connectivity index is 1.62. The lowest BCUT2D eigenvalue weighted by atomic mass is 9.97. The molecular formula is C25H27F3N6O2. The van der Waals surface area contributed by atoms with Gasteiger partial charge in [-0.05, 0) is 50.1 Å². The summed E-state index contributed by atoms with van der Waals surface area (Å²) in [4.78, 5) is 25.7. The number of halogens is 3. The van der Waals surface area contributed by atoms with Crippen molar-refractivity contribution in [1.82, 2.24) is 19.4 Å². The summed E-state index contributed by atoms with van der Waals surface area (Å²) in [7, 11) is 1.62. The Morgan fingerprint density at radius 1 is 1.11 bits per heavy atom. The molecule has 3 atom stereocenters. The van der Waals surface area contributed by atoms with Gasteiger partial charge in [0.1, 0.15) is 23.0 Å². The van der Waals surface area contributed by atoms with E-state index >= 15 is 0 Å². The van der Waals surface area contributed by atoms with E-state index in [1.807, 2.05) is 24.8 Å². The number of rotatable bonds is 5. The van der Waals surface area contributed by atoms with E-state index in [0.717, 1.165) is 12.0 Å². The van der Waals surface area contributed by atoms with Gasteiger partial charge in [-0.3, -0.25) is 9.47 Å². The van der Waals surface area contributed by atoms with Crippen LogP contribution in [0.5, 0.6) is 5.75 Å². The second kappa shape index (κ2) is 9.78. The molecule has 8 nitrogen and oxygen atoms in total. The monoisotopic (exact) mass is 500 g/mol. The number of piperazine rings is 1. The third kappa shape index (κ3) is 4.99. The zero-order valence-electron chi connectivity index (χ0n) is 20.5. The summed E-state index contributed by atoms with van der Waals surface area (Å²) in [5, 5.41) is 9.33. The zero-order valence-corrected chi connectivity index (χ0v) is 20.5. The first-order chi connectivity index (χ1) is 17.0. The van der Waals surface area contributed by atoms with Gasteiger partial charge in [-0.25, -0.2) is 9.78 Å². The van der Waals surface area contributed by atoms with Gasteiger partial charge in [-0.2, -0.15) is 10.2 Å². The number of anilines is 1. The Morgan fingerprint density at radius 2 is 1.81 bits per heavy atom. The van der Waals surface area contributed by atoms with Crippen molar-refractivity contribution in [3.8, 4) is 11.8 Å². The standard InChI is InChI=1S/C25H27F3N6O2/c1-5-20(17-6-9-19(10-7-17)36-25(26,27)28)33-13-16(3)34(14-15(33)2)23-22-21(32(4)24(35)31-23)11-8-18(12-29)30-22/h6-11,15-16,20H,5,13-14H2,1-4H3/t15-,16+,20?/m1/s1. The maximum Gasteiger partial charge on any atom is 0.573 e. The summed E-state index contributed by atoms with van der Waals surface area (Å²) in [6.07, 6.45) is -3.97. The van der Waals surface area contributed by atoms with Crippen molar-refractivity contribution in [2.75, 3.05) is 18.0 Å². The van der Waals surface area contributed by atoms with Gasteiger partial charge in [0.25, 0.3) is 0 Å². The molecule has 0 aliphatic carbocycles. The molecule has 0 N–H and O–H groups in total. The normalized spacial score (nSPS) is 19.8. The van der Waals surface area contributed by atoms with Crippen LogP contribution >= 0.6 is 0 Å². The van der Waals surface area contributed by atoms with Gasteiger partial charge in [0.05, 0.1) is 5.52 Å². The molecule has 36 heavy (non-hydrogen) atoms. The highest BCUT2D eigenvalue weighted by Gasteiger charge is 2.35. The molecule has 1 fully saturated rings. The smallest absolute Gasteiger partial charge is 0.406 e. The SMILES string of the molecule is CCC(c1ccc(OC(F)(F)F)cc1)N1C[C@H](C)N(c2nc(=O)n(C)c3ccc(C#N)nc23)C[C@H]1C. The van der Waals surface area contributed by atoms with Crippen LogP contribution in [-0.4, -0.2) is 51.0 Å². The van der Waals surface area contributed by atoms with E-state index < -0.39 is 12.1 Å². The fourth-order valence-electron chi connectivity index (χ4n) is 4.91. The summed E-state index contributed by atoms with van der Waals surface area (Å²) in [5.74, 6) is 0.200. The van der Waals surface area contributed by atoms with E-state index in [1.165, 1.54) is 16.7 Å². The molecule has 1 unspecified atom stereocenters. The fraction of sp³-hybridized carbons (Fsp3) is 0.440. The largest absolute Gasteiger partial charge is 0.573 e. The van der Waals surface area contributed by atoms with E-state index in [2.05, 4.69) is 26.5 Å². The van der Waals surface area contributed by atoms with Crippen LogP contribution < -0.4 is 15.3 Å². The molecule has 1 aliphatic heterocycles. The topological polar surface area (TPSA) is 87.3 Å². The molecule has 0 amide bonds. The molecule has 190 valence electrons. The number of aromatic nitrogens is 3. The molecule has 3 heterocycles. The Kier molecular flexibility index (Phi) is 6.91. The van der Waals surface area contributed by atoms with Gasteiger partial charge >= 0.3 is 12.1 Å². The van der Waals surface area contributed by atoms with Crippen LogP contribution in [0.3, 0.4) is 0 Å². The molecule has 2 aromatic heterocycles. The molecule has 0 spiro atoms. The lowest BCUT2D eigenvalue weighted by molar-refractivity contribution is -0.274. The van der Waals surface area contributed by atoms with E-state index in [4.69, 9.17) is 0 Å². The maximum atomic E-state index is 12.6. The predicted octanol–water partition coefficient (Wildman–Crippen LogP) is 4.15. The second-order valence-corrected chi connectivity index (χ2v) is 9.04. The molecular weight excluding hydrogens is 473 g/mol. The minimum absolute atomic E-state index is 0.0128. The number of hydrogen-bond acceptors (Lipinski definition) is 7. The van der Waals surface area contributed by atoms with E-state index in [9.17, 15) is 23.2 Å². The van der Waals surface area contributed by atoms with Crippen LogP contribution in [0.1, 0.15) is 44.5 Å². The number of benzene rings is 1. The quantitative estimate of drug-likeness (QED) is 0.520. The molecule has 11 heteroatoms. The minimum atomic E-state index is -4.73. The van der Waals surface area contributed by atoms with Crippen molar-refractivity contribution in [3.05, 3.63) is 58.1 Å². The maximum absolute atomic E-state index is 12.6. The number of hydrogen-bond donors (Lipinski definition) is 0. The number of alkyl halides is 3. The molecule has 3 aromatic rings. The molecule has 1 aliphatic rings. The third-order valence-electron chi connectivity index (χ3n) is 6.64. The Labute approximate surface area is 206 Å². The summed E-state index contributed by atoms with van der Waals surface area (Å²) in [6, 6.07) is 11.3. The lowest BCUT2D eigenvalue weighted by Gasteiger charge is -2.48. The highest BCUT2D eigenvalue weighted by atomic mass is 19.4. The van der Waals surface area contributed by atoms with Gasteiger partial charge in [0.2, 0.25) is 0 Å². The number of ether oxygens (including phenoxy) is 1. The first kappa shape index (κ1) is 25.4. The average molecular weight is 501 g/mol. The summed E-state index contributed by atoms with van der Waals surface area (Å²) < 4.78 is 43.0. The van der Waals surface area contributed by atoms with Crippen molar-refractivity contribution >= 4 is 16.9 Å². The number of aryl methyl sites for hydroxylation is 1. The first-order valence-electron chi connectivity index (χ1n) is 11.7. The van der Waals surface area contributed by atoms with Crippen LogP contribution in [-0.2, 0) is 7.05 Å². The lowest BCUT2D eigenvalue weighted by Crippen LogP contribution is -2.57. The highest BCUT2D eigenvalue weighted by molar-refractivity contribution is 5.86. The van der Waals surface area contributed by atoms with E-state index in [0.29, 0.717) is 29.9 Å². The van der Waals surface area contributed by atoms with Crippen LogP contribution in [0, 0.1) is 11.3 Å². The van der Waals surface area contributed by atoms with Crippen molar-refractivity contribution in [2.45, 2.75) is 51.7 Å². The van der Waals surface area contributed by atoms with E-state index in [-0.39, 0.29) is 29.6 Å². The Bertz CT molecular complexity index is 1350. The molecule has 0 radical (unpaired) electrons. The number of pyridine rings is 1. The average Bonchev–Trinajstić information content (AvgIpc) is 2.83. The molecule has 1 aromatic carbocycles. The molecule has 0 bridgehead atoms. The van der Waals surface area contributed by atoms with E-state index in [1.54, 1.807) is 31.3 Å². The van der Waals surface area contributed by atoms with Crippen LogP contribution in [0.2, 0.25) is 0 Å². The van der Waals surface area contributed by atoms with Crippen LogP contribution in [0.25, 0.3) is 11.0 Å². The van der Waals surface area contributed by atoms with Gasteiger partial charge in [-0.15, -0.1) is 13.2 Å². The first-order valence-corrected chi connectivity index (χ1v) is 11.7. The summed E-state index contributed by atoms with van der Waals surface area (Å²) in [6.45, 7) is 7.33. The van der Waals surface area contributed by atoms with Gasteiger partial charge in [0.15, 0.2) is 5.82 Å². The van der Waals surface area contributed by atoms with Crippen molar-refractivity contribution in [1.29, 1.82) is 5.26 Å². The zero-order chi connectivity index (χ0) is 26.2. The Hall–Kier alpha value is -3.65. The summed E-state index contributed by atoms with van der Waals surface area (Å²) in [5.41, 5.74) is 1.83. The van der Waals surface area contributed by atoms with Crippen molar-refractivity contribution in [3.63, 3.8) is 0 Å². The number of nitriles is 1. The predicted molar refractivity (Wildman–Crippen MR) is 129 cm³/mol. The van der Waals surface area contributed by atoms with Gasteiger partial charge < -0.3 is 9.64 Å². The van der Waals surface area contributed by atoms with Crippen LogP contribution in [0.4, 0.5) is 19.0 Å². The summed E-state index contributed by atoms with van der Waals surface area (Å²) >= 11 is 0. The van der Waals surface area contributed by atoms with Gasteiger partial charge in [0, 0.05) is 38.3 Å². The number of nitrogens with zero attached hydrogens (tertiary/aromatic N) is 6. The minimum Gasteiger partial charge on any atom is -0.406 e. The van der Waals surface area contributed by atoms with Crippen molar-refractivity contribution < 1.29 is 17.9 Å². The highest BCUT2D eigenvalue weighted by Crippen LogP contribution is 2.34. The second-order valence-electron chi connectivity index (χ2n) is 9.04. The third-order valence-corrected chi connectivity index (χ3v) is 6.64. The molecule has 0 saturated carbocycles. The molecule has 4 rings (SSSR count). The fourth-order valence-corrected chi connectivity index (χ4v) is 4.91. The molecule has 1 saturated heterocycles.